The second-order valence-electron chi connectivity index (χ2n) is 5.86. The lowest BCUT2D eigenvalue weighted by Gasteiger charge is -2.14. The molecule has 4 nitrogen and oxygen atoms in total. The van der Waals surface area contributed by atoms with E-state index in [-0.39, 0.29) is 12.5 Å². The number of hydrogen-bond acceptors (Lipinski definition) is 3. The van der Waals surface area contributed by atoms with Gasteiger partial charge in [0.05, 0.1) is 0 Å². The summed E-state index contributed by atoms with van der Waals surface area (Å²) in [5.74, 6) is 0.402. The molecule has 0 fully saturated rings. The first-order valence-corrected chi connectivity index (χ1v) is 9.39. The highest BCUT2D eigenvalue weighted by Crippen LogP contribution is 2.21. The molecular formula is C18H23BrN2O2S. The summed E-state index contributed by atoms with van der Waals surface area (Å²) in [6.07, 6.45) is 8.24. The second-order valence-corrected chi connectivity index (χ2v) is 7.12. The molecule has 1 amide bonds. The Balaban J connectivity index is 1.64. The van der Waals surface area contributed by atoms with Gasteiger partial charge < -0.3 is 15.4 Å². The van der Waals surface area contributed by atoms with Crippen LogP contribution < -0.4 is 15.4 Å². The molecule has 24 heavy (non-hydrogen) atoms. The van der Waals surface area contributed by atoms with Gasteiger partial charge in [-0.25, -0.2) is 0 Å². The highest BCUT2D eigenvalue weighted by molar-refractivity contribution is 9.10. The summed E-state index contributed by atoms with van der Waals surface area (Å²) in [6.45, 7) is 2.66. The molecule has 0 saturated carbocycles. The van der Waals surface area contributed by atoms with Gasteiger partial charge in [0.1, 0.15) is 5.75 Å². The van der Waals surface area contributed by atoms with E-state index in [1.807, 2.05) is 25.1 Å². The van der Waals surface area contributed by atoms with Crippen LogP contribution in [0, 0.1) is 6.92 Å². The van der Waals surface area contributed by atoms with Crippen LogP contribution in [0.3, 0.4) is 0 Å². The zero-order chi connectivity index (χ0) is 17.4. The number of nitrogens with one attached hydrogen (secondary N) is 2. The lowest BCUT2D eigenvalue weighted by atomic mass is 9.97. The van der Waals surface area contributed by atoms with Gasteiger partial charge in [-0.15, -0.1) is 0 Å². The average Bonchev–Trinajstić information content (AvgIpc) is 2.57. The first kappa shape index (κ1) is 18.9. The highest BCUT2D eigenvalue weighted by Gasteiger charge is 2.07. The van der Waals surface area contributed by atoms with Crippen molar-refractivity contribution in [1.29, 1.82) is 0 Å². The number of amides is 1. The standard InChI is InChI=1S/C18H23BrN2O2S/c1-13-11-15(7-8-16(13)19)23-12-17(22)21-18(24)20-10-9-14-5-3-2-4-6-14/h5,7-8,11H,2-4,6,9-10,12H2,1H3,(H2,20,21,22,24). The summed E-state index contributed by atoms with van der Waals surface area (Å²) >= 11 is 8.57. The summed E-state index contributed by atoms with van der Waals surface area (Å²) in [6, 6.07) is 5.60. The number of benzene rings is 1. The predicted octanol–water partition coefficient (Wildman–Crippen LogP) is 4.02. The van der Waals surface area contributed by atoms with Crippen molar-refractivity contribution in [3.05, 3.63) is 39.9 Å². The lowest BCUT2D eigenvalue weighted by molar-refractivity contribution is -0.121. The largest absolute Gasteiger partial charge is 0.484 e. The summed E-state index contributed by atoms with van der Waals surface area (Å²) < 4.78 is 6.49. The van der Waals surface area contributed by atoms with Crippen molar-refractivity contribution in [2.24, 2.45) is 0 Å². The Kier molecular flexibility index (Phi) is 7.72. The van der Waals surface area contributed by atoms with Gasteiger partial charge in [0, 0.05) is 11.0 Å². The number of carbonyl (C=O) groups is 1. The Labute approximate surface area is 157 Å². The number of allylic oxidation sites excluding steroid dienone is 1. The van der Waals surface area contributed by atoms with E-state index >= 15 is 0 Å². The molecule has 2 N–H and O–H groups in total. The fourth-order valence-corrected chi connectivity index (χ4v) is 2.99. The molecule has 0 heterocycles. The third-order valence-electron chi connectivity index (χ3n) is 3.87. The number of hydrogen-bond donors (Lipinski definition) is 2. The van der Waals surface area contributed by atoms with Gasteiger partial charge in [-0.3, -0.25) is 4.79 Å². The monoisotopic (exact) mass is 410 g/mol. The Hall–Kier alpha value is -1.40. The molecule has 0 aliphatic heterocycles. The average molecular weight is 411 g/mol. The van der Waals surface area contributed by atoms with Crippen molar-refractivity contribution >= 4 is 39.2 Å². The third-order valence-corrected chi connectivity index (χ3v) is 5.01. The number of carbonyl (C=O) groups excluding carboxylic acids is 1. The first-order chi connectivity index (χ1) is 11.5. The van der Waals surface area contributed by atoms with Crippen LogP contribution in [0.4, 0.5) is 0 Å². The van der Waals surface area contributed by atoms with E-state index in [0.29, 0.717) is 10.9 Å². The van der Waals surface area contributed by atoms with Crippen LogP contribution in [0.1, 0.15) is 37.7 Å². The number of rotatable bonds is 6. The van der Waals surface area contributed by atoms with E-state index in [9.17, 15) is 4.79 Å². The van der Waals surface area contributed by atoms with E-state index < -0.39 is 0 Å². The summed E-state index contributed by atoms with van der Waals surface area (Å²) in [5, 5.41) is 6.07. The van der Waals surface area contributed by atoms with E-state index in [2.05, 4.69) is 32.6 Å². The molecule has 0 atom stereocenters. The van der Waals surface area contributed by atoms with Gasteiger partial charge in [0.25, 0.3) is 5.91 Å². The van der Waals surface area contributed by atoms with Gasteiger partial charge in [-0.05, 0) is 75.0 Å². The Bertz CT molecular complexity index is 631. The van der Waals surface area contributed by atoms with Crippen molar-refractivity contribution in [1.82, 2.24) is 10.6 Å². The van der Waals surface area contributed by atoms with Crippen molar-refractivity contribution in [3.8, 4) is 5.75 Å². The molecular weight excluding hydrogens is 388 g/mol. The summed E-state index contributed by atoms with van der Waals surface area (Å²) in [5.41, 5.74) is 2.54. The van der Waals surface area contributed by atoms with Gasteiger partial charge >= 0.3 is 0 Å². The molecule has 0 saturated heterocycles. The van der Waals surface area contributed by atoms with Crippen molar-refractivity contribution < 1.29 is 9.53 Å². The van der Waals surface area contributed by atoms with Gasteiger partial charge in [-0.2, -0.15) is 0 Å². The fraction of sp³-hybridized carbons (Fsp3) is 0.444. The maximum atomic E-state index is 11.9. The van der Waals surface area contributed by atoms with Crippen LogP contribution in [-0.4, -0.2) is 24.2 Å². The smallest absolute Gasteiger partial charge is 0.264 e. The highest BCUT2D eigenvalue weighted by atomic mass is 79.9. The molecule has 0 bridgehead atoms. The van der Waals surface area contributed by atoms with Crippen LogP contribution in [0.25, 0.3) is 0 Å². The van der Waals surface area contributed by atoms with Gasteiger partial charge in [0.2, 0.25) is 0 Å². The Morgan fingerprint density at radius 3 is 2.92 bits per heavy atom. The zero-order valence-electron chi connectivity index (χ0n) is 13.9. The normalized spacial score (nSPS) is 13.8. The molecule has 1 aromatic carbocycles. The topological polar surface area (TPSA) is 50.4 Å². The molecule has 0 unspecified atom stereocenters. The minimum Gasteiger partial charge on any atom is -0.484 e. The van der Waals surface area contributed by atoms with Crippen LogP contribution >= 0.6 is 28.1 Å². The van der Waals surface area contributed by atoms with Crippen LogP contribution in [0.15, 0.2) is 34.3 Å². The molecule has 130 valence electrons. The SMILES string of the molecule is Cc1cc(OCC(=O)NC(=S)NCCC2=CCCCC2)ccc1Br. The Morgan fingerprint density at radius 2 is 2.21 bits per heavy atom. The number of aryl methyl sites for hydroxylation is 1. The van der Waals surface area contributed by atoms with E-state index in [0.717, 1.165) is 23.0 Å². The fourth-order valence-electron chi connectivity index (χ4n) is 2.53. The Morgan fingerprint density at radius 1 is 1.38 bits per heavy atom. The lowest BCUT2D eigenvalue weighted by Crippen LogP contribution is -2.41. The van der Waals surface area contributed by atoms with E-state index in [1.165, 1.54) is 31.3 Å². The maximum absolute atomic E-state index is 11.9. The quantitative estimate of drug-likeness (QED) is 0.549. The second kappa shape index (κ2) is 9.79. The molecule has 2 rings (SSSR count). The van der Waals surface area contributed by atoms with E-state index in [1.54, 1.807) is 0 Å². The molecule has 0 radical (unpaired) electrons. The van der Waals surface area contributed by atoms with Crippen LogP contribution in [-0.2, 0) is 4.79 Å². The molecule has 1 aliphatic carbocycles. The number of thiocarbonyl (C=S) groups is 1. The zero-order valence-corrected chi connectivity index (χ0v) is 16.3. The number of halogens is 1. The summed E-state index contributed by atoms with van der Waals surface area (Å²) in [7, 11) is 0. The first-order valence-electron chi connectivity index (χ1n) is 8.19. The molecule has 6 heteroatoms. The molecule has 0 spiro atoms. The summed E-state index contributed by atoms with van der Waals surface area (Å²) in [4.78, 5) is 11.9. The molecule has 1 aliphatic rings. The van der Waals surface area contributed by atoms with Crippen molar-refractivity contribution in [2.75, 3.05) is 13.2 Å². The molecule has 0 aromatic heterocycles. The van der Waals surface area contributed by atoms with Crippen molar-refractivity contribution in [2.45, 2.75) is 39.0 Å². The number of ether oxygens (including phenoxy) is 1. The van der Waals surface area contributed by atoms with Gasteiger partial charge in [-0.1, -0.05) is 27.6 Å². The van der Waals surface area contributed by atoms with E-state index in [4.69, 9.17) is 17.0 Å². The minimum absolute atomic E-state index is 0.0615. The maximum Gasteiger partial charge on any atom is 0.264 e. The van der Waals surface area contributed by atoms with Crippen LogP contribution in [0.5, 0.6) is 5.75 Å². The van der Waals surface area contributed by atoms with Crippen LogP contribution in [0.2, 0.25) is 0 Å². The van der Waals surface area contributed by atoms with Gasteiger partial charge in [0.15, 0.2) is 11.7 Å². The van der Waals surface area contributed by atoms with Crippen molar-refractivity contribution in [3.63, 3.8) is 0 Å². The predicted molar refractivity (Wildman–Crippen MR) is 104 cm³/mol. The minimum atomic E-state index is -0.259. The molecule has 1 aromatic rings. The third kappa shape index (κ3) is 6.61.